The molecule has 2 aromatic heterocycles. The predicted octanol–water partition coefficient (Wildman–Crippen LogP) is 1.70. The number of rotatable bonds is 4. The summed E-state index contributed by atoms with van der Waals surface area (Å²) in [6, 6.07) is 5.48. The van der Waals surface area contributed by atoms with Crippen molar-refractivity contribution < 1.29 is 19.1 Å². The molecular formula is C20H26N4O4. The molecule has 1 spiro atoms. The van der Waals surface area contributed by atoms with Gasteiger partial charge in [-0.2, -0.15) is 0 Å². The molecule has 2 aliphatic heterocycles. The monoisotopic (exact) mass is 386 g/mol. The quantitative estimate of drug-likeness (QED) is 0.865. The van der Waals surface area contributed by atoms with Crippen molar-refractivity contribution in [3.8, 4) is 0 Å². The Morgan fingerprint density at radius 3 is 2.61 bits per heavy atom. The third-order valence-electron chi connectivity index (χ3n) is 5.25. The van der Waals surface area contributed by atoms with E-state index in [9.17, 15) is 9.59 Å². The average Bonchev–Trinajstić information content (AvgIpc) is 3.31. The summed E-state index contributed by atoms with van der Waals surface area (Å²) < 4.78 is 13.1. The van der Waals surface area contributed by atoms with E-state index in [-0.39, 0.29) is 17.6 Å². The Morgan fingerprint density at radius 2 is 1.93 bits per heavy atom. The molecule has 2 fully saturated rings. The second-order valence-electron chi connectivity index (χ2n) is 7.74. The summed E-state index contributed by atoms with van der Waals surface area (Å²) in [5.74, 6) is -0.416. The Labute approximate surface area is 163 Å². The fourth-order valence-electron chi connectivity index (χ4n) is 3.72. The van der Waals surface area contributed by atoms with Gasteiger partial charge in [-0.3, -0.25) is 14.0 Å². The van der Waals surface area contributed by atoms with Gasteiger partial charge in [-0.05, 0) is 18.1 Å². The number of hydrogen-bond donors (Lipinski definition) is 1. The van der Waals surface area contributed by atoms with E-state index < -0.39 is 5.79 Å². The predicted molar refractivity (Wildman–Crippen MR) is 102 cm³/mol. The van der Waals surface area contributed by atoms with Crippen LogP contribution >= 0.6 is 0 Å². The van der Waals surface area contributed by atoms with Gasteiger partial charge in [0.25, 0.3) is 11.8 Å². The van der Waals surface area contributed by atoms with E-state index in [1.807, 2.05) is 32.0 Å². The number of nitrogens with zero attached hydrogens (tertiary/aromatic N) is 3. The minimum Gasteiger partial charge on any atom is -0.349 e. The van der Waals surface area contributed by atoms with Crippen molar-refractivity contribution in [2.45, 2.75) is 32.5 Å². The van der Waals surface area contributed by atoms with Gasteiger partial charge in [-0.25, -0.2) is 4.98 Å². The number of carbonyl (C=O) groups is 2. The summed E-state index contributed by atoms with van der Waals surface area (Å²) in [4.78, 5) is 31.9. The maximum Gasteiger partial charge on any atom is 0.287 e. The third-order valence-corrected chi connectivity index (χ3v) is 5.25. The molecule has 2 saturated heterocycles. The number of hydrogen-bond acceptors (Lipinski definition) is 5. The average molecular weight is 386 g/mol. The van der Waals surface area contributed by atoms with E-state index in [0.29, 0.717) is 62.8 Å². The standard InChI is InChI=1S/C20H26N4O4/c1-14(2)13-21-18(25)17-22-16(15-5-3-4-8-24(15)17)19(26)23-9-6-20(7-10-23)27-11-12-28-20/h3-5,8,14H,6-7,9-13H2,1-2H3,(H,21,25). The molecule has 4 rings (SSSR count). The van der Waals surface area contributed by atoms with E-state index in [2.05, 4.69) is 10.3 Å². The number of carbonyl (C=O) groups excluding carboxylic acids is 2. The highest BCUT2D eigenvalue weighted by atomic mass is 16.7. The summed E-state index contributed by atoms with van der Waals surface area (Å²) in [7, 11) is 0. The van der Waals surface area contributed by atoms with E-state index in [1.165, 1.54) is 0 Å². The minimum atomic E-state index is -0.533. The first-order valence-electron chi connectivity index (χ1n) is 9.81. The van der Waals surface area contributed by atoms with E-state index >= 15 is 0 Å². The lowest BCUT2D eigenvalue weighted by Gasteiger charge is -2.37. The summed E-state index contributed by atoms with van der Waals surface area (Å²) in [6.07, 6.45) is 3.05. The van der Waals surface area contributed by atoms with Crippen LogP contribution < -0.4 is 5.32 Å². The summed E-state index contributed by atoms with van der Waals surface area (Å²) >= 11 is 0. The van der Waals surface area contributed by atoms with Crippen LogP contribution in [0, 0.1) is 5.92 Å². The Kier molecular flexibility index (Phi) is 5.07. The molecule has 0 aliphatic carbocycles. The number of pyridine rings is 1. The van der Waals surface area contributed by atoms with E-state index in [0.717, 1.165) is 0 Å². The maximum atomic E-state index is 13.2. The fraction of sp³-hybridized carbons (Fsp3) is 0.550. The zero-order valence-corrected chi connectivity index (χ0v) is 16.3. The number of imidazole rings is 1. The van der Waals surface area contributed by atoms with Crippen molar-refractivity contribution in [3.63, 3.8) is 0 Å². The molecule has 8 heteroatoms. The normalized spacial score (nSPS) is 18.9. The Hall–Kier alpha value is -2.45. The van der Waals surface area contributed by atoms with Crippen molar-refractivity contribution in [3.05, 3.63) is 35.9 Å². The summed E-state index contributed by atoms with van der Waals surface area (Å²) in [5, 5.41) is 2.88. The molecule has 150 valence electrons. The number of fused-ring (bicyclic) bond motifs is 1. The van der Waals surface area contributed by atoms with Crippen molar-refractivity contribution in [1.29, 1.82) is 0 Å². The molecule has 2 amide bonds. The highest BCUT2D eigenvalue weighted by Gasteiger charge is 2.41. The molecule has 2 aliphatic rings. The molecule has 0 bridgehead atoms. The smallest absolute Gasteiger partial charge is 0.287 e. The van der Waals surface area contributed by atoms with Gasteiger partial charge >= 0.3 is 0 Å². The second kappa shape index (κ2) is 7.52. The van der Waals surface area contributed by atoms with Gasteiger partial charge in [-0.1, -0.05) is 19.9 Å². The first-order chi connectivity index (χ1) is 13.5. The van der Waals surface area contributed by atoms with Crippen LogP contribution in [-0.2, 0) is 9.47 Å². The number of ether oxygens (including phenoxy) is 2. The molecule has 2 aromatic rings. The second-order valence-corrected chi connectivity index (χ2v) is 7.74. The molecule has 4 heterocycles. The van der Waals surface area contributed by atoms with Crippen LogP contribution in [0.25, 0.3) is 5.52 Å². The lowest BCUT2D eigenvalue weighted by Crippen LogP contribution is -2.47. The van der Waals surface area contributed by atoms with E-state index in [4.69, 9.17) is 9.47 Å². The van der Waals surface area contributed by atoms with Crippen molar-refractivity contribution in [2.75, 3.05) is 32.8 Å². The van der Waals surface area contributed by atoms with Crippen LogP contribution in [0.3, 0.4) is 0 Å². The third kappa shape index (κ3) is 3.49. The van der Waals surface area contributed by atoms with Gasteiger partial charge in [-0.15, -0.1) is 0 Å². The van der Waals surface area contributed by atoms with Crippen LogP contribution in [0.1, 0.15) is 47.8 Å². The molecule has 0 saturated carbocycles. The van der Waals surface area contributed by atoms with Gasteiger partial charge in [0.2, 0.25) is 5.82 Å². The Bertz CT molecular complexity index is 875. The van der Waals surface area contributed by atoms with Crippen LogP contribution in [0.5, 0.6) is 0 Å². The molecule has 0 atom stereocenters. The van der Waals surface area contributed by atoms with Gasteiger partial charge < -0.3 is 19.7 Å². The first-order valence-corrected chi connectivity index (χ1v) is 9.81. The lowest BCUT2D eigenvalue weighted by atomic mass is 10.0. The van der Waals surface area contributed by atoms with Gasteiger partial charge in [0.05, 0.1) is 18.7 Å². The highest BCUT2D eigenvalue weighted by molar-refractivity contribution is 6.02. The molecule has 1 N–H and O–H groups in total. The first kappa shape index (κ1) is 18.9. The largest absolute Gasteiger partial charge is 0.349 e. The maximum absolute atomic E-state index is 13.2. The van der Waals surface area contributed by atoms with Crippen LogP contribution in [0.2, 0.25) is 0 Å². The number of aromatic nitrogens is 2. The topological polar surface area (TPSA) is 85.2 Å². The summed E-state index contributed by atoms with van der Waals surface area (Å²) in [6.45, 7) is 6.90. The van der Waals surface area contributed by atoms with Gasteiger partial charge in [0, 0.05) is 38.7 Å². The number of likely N-dealkylation sites (tertiary alicyclic amines) is 1. The molecule has 28 heavy (non-hydrogen) atoms. The molecular weight excluding hydrogens is 360 g/mol. The molecule has 0 aromatic carbocycles. The molecule has 8 nitrogen and oxygen atoms in total. The van der Waals surface area contributed by atoms with Crippen molar-refractivity contribution >= 4 is 17.3 Å². The number of piperidine rings is 1. The molecule has 0 unspecified atom stereocenters. The zero-order chi connectivity index (χ0) is 19.7. The zero-order valence-electron chi connectivity index (χ0n) is 16.3. The number of nitrogens with one attached hydrogen (secondary N) is 1. The van der Waals surface area contributed by atoms with Crippen molar-refractivity contribution in [1.82, 2.24) is 19.6 Å². The molecule has 0 radical (unpaired) electrons. The van der Waals surface area contributed by atoms with Crippen LogP contribution in [0.15, 0.2) is 24.4 Å². The Balaban J connectivity index is 1.56. The SMILES string of the molecule is CC(C)CNC(=O)c1nc(C(=O)N2CCC3(CC2)OCCO3)c2ccccn12. The minimum absolute atomic E-state index is 0.167. The van der Waals surface area contributed by atoms with Gasteiger partial charge in [0.1, 0.15) is 0 Å². The van der Waals surface area contributed by atoms with Crippen LogP contribution in [0.4, 0.5) is 0 Å². The van der Waals surface area contributed by atoms with Crippen molar-refractivity contribution in [2.24, 2.45) is 5.92 Å². The van der Waals surface area contributed by atoms with Crippen LogP contribution in [-0.4, -0.2) is 64.7 Å². The highest BCUT2D eigenvalue weighted by Crippen LogP contribution is 2.32. The Morgan fingerprint density at radius 1 is 1.21 bits per heavy atom. The van der Waals surface area contributed by atoms with Gasteiger partial charge in [0.15, 0.2) is 11.5 Å². The number of amides is 2. The van der Waals surface area contributed by atoms with E-state index in [1.54, 1.807) is 15.5 Å². The fourth-order valence-corrected chi connectivity index (χ4v) is 3.72. The summed E-state index contributed by atoms with van der Waals surface area (Å²) in [5.41, 5.74) is 0.940. The lowest BCUT2D eigenvalue weighted by molar-refractivity contribution is -0.181.